The van der Waals surface area contributed by atoms with Gasteiger partial charge in [-0.15, -0.1) is 0 Å². The van der Waals surface area contributed by atoms with E-state index in [0.29, 0.717) is 31.0 Å². The summed E-state index contributed by atoms with van der Waals surface area (Å²) in [5.41, 5.74) is 7.53. The molecule has 6 nitrogen and oxygen atoms in total. The van der Waals surface area contributed by atoms with Gasteiger partial charge in [-0.2, -0.15) is 5.10 Å². The van der Waals surface area contributed by atoms with E-state index in [0.717, 1.165) is 5.69 Å². The van der Waals surface area contributed by atoms with Gasteiger partial charge in [-0.3, -0.25) is 9.48 Å². The van der Waals surface area contributed by atoms with Crippen molar-refractivity contribution >= 4 is 11.6 Å². The Morgan fingerprint density at radius 2 is 2.22 bits per heavy atom. The summed E-state index contributed by atoms with van der Waals surface area (Å²) < 4.78 is 6.87. The molecule has 0 saturated carbocycles. The fraction of sp³-hybridized carbons (Fsp3) is 0.667. The molecule has 18 heavy (non-hydrogen) atoms. The smallest absolute Gasteiger partial charge is 0.271 e. The fourth-order valence-corrected chi connectivity index (χ4v) is 1.79. The Morgan fingerprint density at radius 1 is 1.56 bits per heavy atom. The van der Waals surface area contributed by atoms with E-state index in [1.165, 1.54) is 4.68 Å². The number of carbonyl (C=O) groups excluding carboxylic acids is 1. The number of nitrogens with two attached hydrogens (primary N) is 1. The Kier molecular flexibility index (Phi) is 5.15. The van der Waals surface area contributed by atoms with Crippen LogP contribution in [0.15, 0.2) is 0 Å². The lowest BCUT2D eigenvalue weighted by Crippen LogP contribution is -2.33. The summed E-state index contributed by atoms with van der Waals surface area (Å²) >= 11 is 0. The zero-order valence-corrected chi connectivity index (χ0v) is 11.5. The van der Waals surface area contributed by atoms with Crippen molar-refractivity contribution in [1.82, 2.24) is 15.1 Å². The van der Waals surface area contributed by atoms with E-state index in [2.05, 4.69) is 10.4 Å². The number of nitrogens with zero attached hydrogens (tertiary/aromatic N) is 2. The van der Waals surface area contributed by atoms with Gasteiger partial charge in [0, 0.05) is 20.2 Å². The van der Waals surface area contributed by atoms with E-state index in [-0.39, 0.29) is 12.0 Å². The van der Waals surface area contributed by atoms with Gasteiger partial charge in [-0.1, -0.05) is 6.92 Å². The molecule has 0 saturated heterocycles. The number of aromatic nitrogens is 2. The van der Waals surface area contributed by atoms with Crippen LogP contribution in [-0.4, -0.2) is 34.9 Å². The summed E-state index contributed by atoms with van der Waals surface area (Å²) in [6.45, 7) is 6.87. The lowest BCUT2D eigenvalue weighted by Gasteiger charge is -2.12. The van der Waals surface area contributed by atoms with E-state index in [1.807, 2.05) is 20.8 Å². The first kappa shape index (κ1) is 14.5. The van der Waals surface area contributed by atoms with Crippen LogP contribution in [-0.2, 0) is 18.2 Å². The highest BCUT2D eigenvalue weighted by Gasteiger charge is 2.19. The van der Waals surface area contributed by atoms with Crippen molar-refractivity contribution in [3.8, 4) is 0 Å². The Hall–Kier alpha value is -1.56. The molecule has 102 valence electrons. The van der Waals surface area contributed by atoms with E-state index in [4.69, 9.17) is 10.5 Å². The minimum Gasteiger partial charge on any atom is -0.395 e. The molecule has 0 aliphatic rings. The zero-order valence-electron chi connectivity index (χ0n) is 11.5. The van der Waals surface area contributed by atoms with Crippen molar-refractivity contribution in [1.29, 1.82) is 0 Å². The summed E-state index contributed by atoms with van der Waals surface area (Å²) in [7, 11) is 1.72. The number of nitrogen functional groups attached to an aromatic ring is 1. The predicted octanol–water partition coefficient (Wildman–Crippen LogP) is 0.719. The van der Waals surface area contributed by atoms with Crippen LogP contribution in [0.25, 0.3) is 0 Å². The molecular formula is C12H22N4O2. The number of rotatable bonds is 6. The second-order valence-corrected chi connectivity index (χ2v) is 4.16. The quantitative estimate of drug-likeness (QED) is 0.783. The molecule has 0 spiro atoms. The first-order valence-electron chi connectivity index (χ1n) is 6.22. The SMILES string of the molecule is CCOC(C)CNC(=O)c1c(N)c(CC)nn1C. The third kappa shape index (κ3) is 3.22. The van der Waals surface area contributed by atoms with Crippen molar-refractivity contribution in [3.05, 3.63) is 11.4 Å². The summed E-state index contributed by atoms with van der Waals surface area (Å²) in [6.07, 6.45) is 0.696. The van der Waals surface area contributed by atoms with Crippen LogP contribution in [0.4, 0.5) is 5.69 Å². The Labute approximate surface area is 107 Å². The molecule has 1 atom stereocenters. The van der Waals surface area contributed by atoms with Gasteiger partial charge in [0.25, 0.3) is 5.91 Å². The molecule has 1 aromatic rings. The van der Waals surface area contributed by atoms with Crippen molar-refractivity contribution in [2.45, 2.75) is 33.3 Å². The van der Waals surface area contributed by atoms with Crippen LogP contribution >= 0.6 is 0 Å². The van der Waals surface area contributed by atoms with Crippen molar-refractivity contribution in [3.63, 3.8) is 0 Å². The molecule has 3 N–H and O–H groups in total. The zero-order chi connectivity index (χ0) is 13.7. The minimum atomic E-state index is -0.214. The maximum Gasteiger partial charge on any atom is 0.271 e. The van der Waals surface area contributed by atoms with Crippen LogP contribution in [0.3, 0.4) is 0 Å². The number of aryl methyl sites for hydroxylation is 2. The van der Waals surface area contributed by atoms with E-state index >= 15 is 0 Å². The molecule has 1 amide bonds. The molecule has 1 aromatic heterocycles. The molecule has 0 aromatic carbocycles. The molecular weight excluding hydrogens is 232 g/mol. The first-order valence-corrected chi connectivity index (χ1v) is 6.22. The monoisotopic (exact) mass is 254 g/mol. The second kappa shape index (κ2) is 6.39. The minimum absolute atomic E-state index is 0.0148. The van der Waals surface area contributed by atoms with Gasteiger partial charge in [-0.05, 0) is 20.3 Å². The van der Waals surface area contributed by atoms with E-state index in [9.17, 15) is 4.79 Å². The first-order chi connectivity index (χ1) is 8.51. The number of carbonyl (C=O) groups is 1. The van der Waals surface area contributed by atoms with Crippen molar-refractivity contribution in [2.24, 2.45) is 7.05 Å². The highest BCUT2D eigenvalue weighted by molar-refractivity contribution is 5.97. The molecule has 0 radical (unpaired) electrons. The number of anilines is 1. The highest BCUT2D eigenvalue weighted by Crippen LogP contribution is 2.16. The van der Waals surface area contributed by atoms with Crippen molar-refractivity contribution in [2.75, 3.05) is 18.9 Å². The maximum absolute atomic E-state index is 12.0. The molecule has 1 unspecified atom stereocenters. The van der Waals surface area contributed by atoms with Gasteiger partial charge in [0.15, 0.2) is 0 Å². The number of hydrogen-bond acceptors (Lipinski definition) is 4. The predicted molar refractivity (Wildman–Crippen MR) is 70.4 cm³/mol. The van der Waals surface area contributed by atoms with Gasteiger partial charge >= 0.3 is 0 Å². The molecule has 0 aliphatic heterocycles. The van der Waals surface area contributed by atoms with Gasteiger partial charge in [0.2, 0.25) is 0 Å². The van der Waals surface area contributed by atoms with Crippen LogP contribution in [0.1, 0.15) is 37.0 Å². The van der Waals surface area contributed by atoms with Crippen LogP contribution < -0.4 is 11.1 Å². The molecule has 1 heterocycles. The largest absolute Gasteiger partial charge is 0.395 e. The summed E-state index contributed by atoms with van der Waals surface area (Å²) in [5.74, 6) is -0.214. The fourth-order valence-electron chi connectivity index (χ4n) is 1.79. The Balaban J connectivity index is 2.70. The van der Waals surface area contributed by atoms with Crippen LogP contribution in [0, 0.1) is 0 Å². The summed E-state index contributed by atoms with van der Waals surface area (Å²) in [4.78, 5) is 12.0. The number of amides is 1. The lowest BCUT2D eigenvalue weighted by atomic mass is 10.2. The van der Waals surface area contributed by atoms with Gasteiger partial charge in [0.1, 0.15) is 5.69 Å². The lowest BCUT2D eigenvalue weighted by molar-refractivity contribution is 0.0692. The average Bonchev–Trinajstić information content (AvgIpc) is 2.61. The third-order valence-electron chi connectivity index (χ3n) is 2.71. The standard InChI is InChI=1S/C12H22N4O2/c1-5-9-10(13)11(16(4)15-9)12(17)14-7-8(3)18-6-2/h8H,5-7,13H2,1-4H3,(H,14,17). The van der Waals surface area contributed by atoms with Gasteiger partial charge in [0.05, 0.1) is 17.5 Å². The third-order valence-corrected chi connectivity index (χ3v) is 2.71. The number of nitrogens with one attached hydrogen (secondary N) is 1. The van der Waals surface area contributed by atoms with Crippen LogP contribution in [0.5, 0.6) is 0 Å². The number of hydrogen-bond donors (Lipinski definition) is 2. The maximum atomic E-state index is 12.0. The summed E-state index contributed by atoms with van der Waals surface area (Å²) in [6, 6.07) is 0. The van der Waals surface area contributed by atoms with Gasteiger partial charge in [-0.25, -0.2) is 0 Å². The molecule has 0 aliphatic carbocycles. The van der Waals surface area contributed by atoms with Crippen molar-refractivity contribution < 1.29 is 9.53 Å². The average molecular weight is 254 g/mol. The second-order valence-electron chi connectivity index (χ2n) is 4.16. The topological polar surface area (TPSA) is 82.2 Å². The molecule has 6 heteroatoms. The highest BCUT2D eigenvalue weighted by atomic mass is 16.5. The van der Waals surface area contributed by atoms with Crippen LogP contribution in [0.2, 0.25) is 0 Å². The molecule has 0 fully saturated rings. The van der Waals surface area contributed by atoms with E-state index in [1.54, 1.807) is 7.05 Å². The summed E-state index contributed by atoms with van der Waals surface area (Å²) in [5, 5.41) is 7.01. The van der Waals surface area contributed by atoms with E-state index < -0.39 is 0 Å². The Bertz CT molecular complexity index is 414. The number of ether oxygens (including phenoxy) is 1. The molecule has 0 bridgehead atoms. The Morgan fingerprint density at radius 3 is 2.72 bits per heavy atom. The molecule has 1 rings (SSSR count). The van der Waals surface area contributed by atoms with Gasteiger partial charge < -0.3 is 15.8 Å². The normalized spacial score (nSPS) is 12.4.